The van der Waals surface area contributed by atoms with Gasteiger partial charge in [-0.3, -0.25) is 0 Å². The van der Waals surface area contributed by atoms with Crippen molar-refractivity contribution in [3.63, 3.8) is 0 Å². The van der Waals surface area contributed by atoms with Crippen LogP contribution >= 0.6 is 20.1 Å². The number of furan rings is 1. The maximum Gasteiger partial charge on any atom is 0.153 e. The van der Waals surface area contributed by atoms with Crippen molar-refractivity contribution in [2.45, 2.75) is 39.3 Å². The van der Waals surface area contributed by atoms with E-state index in [1.54, 1.807) is 0 Å². The molecule has 274 valence electrons. The van der Waals surface area contributed by atoms with E-state index in [9.17, 15) is 0 Å². The van der Waals surface area contributed by atoms with Gasteiger partial charge in [0, 0.05) is 39.7 Å². The summed E-state index contributed by atoms with van der Waals surface area (Å²) in [5.74, 6) is 0. The average Bonchev–Trinajstić information content (AvgIpc) is 3.67. The summed E-state index contributed by atoms with van der Waals surface area (Å²) in [5, 5.41) is 2.03. The molecule has 0 aliphatic rings. The molecule has 57 heavy (non-hydrogen) atoms. The van der Waals surface area contributed by atoms with Crippen molar-refractivity contribution in [3.8, 4) is 11.1 Å². The number of pyridine rings is 1. The van der Waals surface area contributed by atoms with E-state index in [0.29, 0.717) is 0 Å². The Morgan fingerprint density at radius 2 is 0.684 bits per heavy atom. The number of rotatable bonds is 9. The Morgan fingerprint density at radius 3 is 1.14 bits per heavy atom. The van der Waals surface area contributed by atoms with Crippen LogP contribution in [0, 0.1) is 0 Å². The second-order valence-electron chi connectivity index (χ2n) is 13.9. The first kappa shape index (κ1) is 34.9. The number of hydrogen-bond donors (Lipinski definition) is 0. The smallest absolute Gasteiger partial charge is 0.153 e. The summed E-state index contributed by atoms with van der Waals surface area (Å²) in [6, 6.07) is 85.6. The summed E-state index contributed by atoms with van der Waals surface area (Å²) in [7, 11) is -3.80. The van der Waals surface area contributed by atoms with Gasteiger partial charge in [0.1, 0.15) is 11.1 Å². The van der Waals surface area contributed by atoms with E-state index in [1.807, 2.05) is 0 Å². The number of benzene rings is 8. The number of hydrogen-bond acceptors (Lipinski definition) is 2. The highest BCUT2D eigenvalue weighted by Gasteiger charge is 2.36. The van der Waals surface area contributed by atoms with E-state index in [1.165, 1.54) is 34.3 Å². The summed E-state index contributed by atoms with van der Waals surface area (Å²) >= 11 is 0. The first-order valence-electron chi connectivity index (χ1n) is 19.2. The van der Waals surface area contributed by atoms with E-state index in [2.05, 4.69) is 237 Å². The summed E-state index contributed by atoms with van der Waals surface area (Å²) in [5.41, 5.74) is 4.75. The minimum Gasteiger partial charge on any atom is -0.454 e. The Bertz CT molecular complexity index is 2740. The van der Waals surface area contributed by atoms with Crippen molar-refractivity contribution >= 4 is 42.1 Å². The van der Waals surface area contributed by atoms with Crippen LogP contribution in [0.4, 0.5) is 0 Å². The predicted octanol–water partition coefficient (Wildman–Crippen LogP) is 15.3. The highest BCUT2D eigenvalue weighted by Crippen LogP contribution is 2.74. The molecule has 0 spiro atoms. The van der Waals surface area contributed by atoms with Gasteiger partial charge >= 0.3 is 0 Å². The van der Waals surface area contributed by atoms with Gasteiger partial charge in [-0.2, -0.15) is 0 Å². The second kappa shape index (κ2) is 14.8. The van der Waals surface area contributed by atoms with Crippen molar-refractivity contribution in [1.29, 1.82) is 0 Å². The second-order valence-corrected chi connectivity index (χ2v) is 20.1. The summed E-state index contributed by atoms with van der Waals surface area (Å²) < 4.78 is 6.53. The van der Waals surface area contributed by atoms with Gasteiger partial charge in [-0.15, -0.1) is 20.1 Å². The zero-order chi connectivity index (χ0) is 38.1. The summed E-state index contributed by atoms with van der Waals surface area (Å²) in [4.78, 5) is 14.5. The molecular weight excluding hydrogens is 731 g/mol. The van der Waals surface area contributed by atoms with Crippen molar-refractivity contribution < 1.29 is 4.42 Å². The Labute approximate surface area is 336 Å². The fraction of sp³-hybridized carbons (Fsp3) is 0. The molecule has 10 aromatic rings. The van der Waals surface area contributed by atoms with Gasteiger partial charge in [-0.1, -0.05) is 127 Å². The SMILES string of the molecule is c1ccc(S(c2ccccc2)(c2ccccc2)c2cccc(-c3ccc4oc5ccc(S(c6ccccc6)(c6ccccc6)c6ccccc6)nc5c4c3)c2)cc1. The molecule has 0 aliphatic heterocycles. The molecule has 0 saturated carbocycles. The Morgan fingerprint density at radius 1 is 0.298 bits per heavy atom. The van der Waals surface area contributed by atoms with Gasteiger partial charge in [0.15, 0.2) is 5.58 Å². The van der Waals surface area contributed by atoms with Crippen molar-refractivity contribution in [1.82, 2.24) is 4.98 Å². The van der Waals surface area contributed by atoms with E-state index in [4.69, 9.17) is 9.40 Å². The van der Waals surface area contributed by atoms with Crippen LogP contribution in [0.1, 0.15) is 0 Å². The highest BCUT2D eigenvalue weighted by molar-refractivity contribution is 8.34. The lowest BCUT2D eigenvalue weighted by molar-refractivity contribution is 0.667. The summed E-state index contributed by atoms with van der Waals surface area (Å²) in [6.07, 6.45) is 0. The third-order valence-corrected chi connectivity index (χ3v) is 18.4. The molecule has 4 heteroatoms. The monoisotopic (exact) mass is 769 g/mol. The minimum absolute atomic E-state index is 0.780. The molecule has 0 saturated heterocycles. The molecule has 0 amide bonds. The molecule has 10 rings (SSSR count). The van der Waals surface area contributed by atoms with E-state index in [-0.39, 0.29) is 0 Å². The largest absolute Gasteiger partial charge is 0.454 e. The third kappa shape index (κ3) is 5.88. The van der Waals surface area contributed by atoms with Crippen LogP contribution in [0.25, 0.3) is 33.2 Å². The van der Waals surface area contributed by atoms with Crippen LogP contribution in [0.2, 0.25) is 0 Å². The Balaban J connectivity index is 1.18. The zero-order valence-corrected chi connectivity index (χ0v) is 32.8. The van der Waals surface area contributed by atoms with Crippen LogP contribution in [-0.2, 0) is 0 Å². The van der Waals surface area contributed by atoms with E-state index >= 15 is 0 Å². The quantitative estimate of drug-likeness (QED) is 0.146. The molecule has 2 aromatic heterocycles. The number of nitrogens with zero attached hydrogens (tertiary/aromatic N) is 1. The van der Waals surface area contributed by atoms with Crippen molar-refractivity contribution in [2.24, 2.45) is 0 Å². The standard InChI is InChI=1S/C53H39NOS2/c1-7-21-42(22-8-1)56(43-23-9-2-10-24-43,44-25-11-3-12-26-44)48-33-19-20-40(38-48)41-34-35-50-49(39-41)53-51(55-50)36-37-52(54-53)57(45-27-13-4-14-28-45,46-29-15-5-16-30-46)47-31-17-6-18-32-47/h1-39H. The molecule has 2 heterocycles. The molecule has 8 aromatic carbocycles. The minimum atomic E-state index is -1.96. The number of aromatic nitrogens is 1. The van der Waals surface area contributed by atoms with Crippen molar-refractivity contribution in [2.75, 3.05) is 0 Å². The van der Waals surface area contributed by atoms with Crippen LogP contribution in [0.3, 0.4) is 0 Å². The molecule has 0 bridgehead atoms. The van der Waals surface area contributed by atoms with Crippen LogP contribution in [0.15, 0.2) is 280 Å². The number of fused-ring (bicyclic) bond motifs is 3. The maximum atomic E-state index is 6.53. The van der Waals surface area contributed by atoms with Crippen LogP contribution in [-0.4, -0.2) is 4.98 Å². The van der Waals surface area contributed by atoms with Gasteiger partial charge in [0.25, 0.3) is 0 Å². The van der Waals surface area contributed by atoms with E-state index in [0.717, 1.165) is 38.2 Å². The van der Waals surface area contributed by atoms with Gasteiger partial charge in [-0.25, -0.2) is 4.98 Å². The molecule has 0 atom stereocenters. The molecular formula is C53H39NOS2. The predicted molar refractivity (Wildman–Crippen MR) is 237 cm³/mol. The average molecular weight is 770 g/mol. The normalized spacial score (nSPS) is 12.4. The molecule has 0 aliphatic carbocycles. The Kier molecular flexibility index (Phi) is 9.06. The molecule has 0 fully saturated rings. The van der Waals surface area contributed by atoms with Gasteiger partial charge in [0.2, 0.25) is 0 Å². The first-order valence-corrected chi connectivity index (χ1v) is 22.4. The Hall–Kier alpha value is -6.59. The van der Waals surface area contributed by atoms with Crippen LogP contribution < -0.4 is 0 Å². The lowest BCUT2D eigenvalue weighted by Crippen LogP contribution is -2.06. The maximum absolute atomic E-state index is 6.53. The summed E-state index contributed by atoms with van der Waals surface area (Å²) in [6.45, 7) is 0. The molecule has 0 N–H and O–H groups in total. The lowest BCUT2D eigenvalue weighted by atomic mass is 10.0. The fourth-order valence-electron chi connectivity index (χ4n) is 8.18. The highest BCUT2D eigenvalue weighted by atomic mass is 32.3. The van der Waals surface area contributed by atoms with Crippen molar-refractivity contribution in [3.05, 3.63) is 237 Å². The van der Waals surface area contributed by atoms with E-state index < -0.39 is 20.1 Å². The fourth-order valence-corrected chi connectivity index (χ4v) is 15.8. The molecule has 2 nitrogen and oxygen atoms in total. The zero-order valence-electron chi connectivity index (χ0n) is 31.2. The third-order valence-electron chi connectivity index (χ3n) is 10.7. The van der Waals surface area contributed by atoms with Gasteiger partial charge in [-0.05, 0) is 120 Å². The first-order chi connectivity index (χ1) is 28.3. The van der Waals surface area contributed by atoms with Gasteiger partial charge in [0.05, 0.1) is 5.03 Å². The molecule has 0 unspecified atom stereocenters. The van der Waals surface area contributed by atoms with Gasteiger partial charge < -0.3 is 4.42 Å². The lowest BCUT2D eigenvalue weighted by Gasteiger charge is -2.42. The molecule has 0 radical (unpaired) electrons. The van der Waals surface area contributed by atoms with Crippen LogP contribution in [0.5, 0.6) is 0 Å². The topological polar surface area (TPSA) is 26.0 Å².